The molecule has 0 bridgehead atoms. The third-order valence-corrected chi connectivity index (χ3v) is 16.4. The SMILES string of the molecule is CCCCC/C=C\C/C=C\CCCCCCCC(=O)NC(COC1OC(CO)C(OC2OC(CO)C(OC3OC(CO)C(O)C(O)C3O)C(O)C2O)C(O)C1O)C(O)/C=C/CCCCCCCCCCCCCCCCCCCCCCC. The molecule has 12 N–H and O–H groups in total. The van der Waals surface area contributed by atoms with Gasteiger partial charge in [0.1, 0.15) is 73.2 Å². The minimum Gasteiger partial charge on any atom is -0.394 e. The van der Waals surface area contributed by atoms with E-state index in [1.165, 1.54) is 135 Å². The van der Waals surface area contributed by atoms with Gasteiger partial charge in [-0.3, -0.25) is 4.79 Å². The zero-order valence-electron chi connectivity index (χ0n) is 50.9. The minimum atomic E-state index is -1.98. The van der Waals surface area contributed by atoms with E-state index in [0.29, 0.717) is 6.42 Å². The summed E-state index contributed by atoms with van der Waals surface area (Å²) in [5.41, 5.74) is 0. The third-order valence-electron chi connectivity index (χ3n) is 16.4. The lowest BCUT2D eigenvalue weighted by Gasteiger charge is -2.48. The maximum absolute atomic E-state index is 13.3. The van der Waals surface area contributed by atoms with E-state index in [1.807, 2.05) is 6.08 Å². The number of hydrogen-bond donors (Lipinski definition) is 12. The van der Waals surface area contributed by atoms with Crippen molar-refractivity contribution in [2.75, 3.05) is 26.4 Å². The van der Waals surface area contributed by atoms with Crippen molar-refractivity contribution in [3.63, 3.8) is 0 Å². The van der Waals surface area contributed by atoms with Crippen LogP contribution in [0.4, 0.5) is 0 Å². The lowest BCUT2D eigenvalue weighted by Crippen LogP contribution is -2.66. The van der Waals surface area contributed by atoms with Crippen LogP contribution in [-0.4, -0.2) is 193 Å². The number of allylic oxidation sites excluding steroid dienone is 5. The zero-order chi connectivity index (χ0) is 60.5. The number of aliphatic hydroxyl groups excluding tert-OH is 11. The fourth-order valence-electron chi connectivity index (χ4n) is 11.0. The number of carbonyl (C=O) groups excluding carboxylic acids is 1. The predicted molar refractivity (Wildman–Crippen MR) is 319 cm³/mol. The highest BCUT2D eigenvalue weighted by atomic mass is 16.8. The molecule has 19 heteroatoms. The molecule has 1 amide bonds. The van der Waals surface area contributed by atoms with Gasteiger partial charge in [0.05, 0.1) is 38.6 Å². The highest BCUT2D eigenvalue weighted by Crippen LogP contribution is 2.33. The summed E-state index contributed by atoms with van der Waals surface area (Å²) in [5, 5.41) is 120. The van der Waals surface area contributed by atoms with Gasteiger partial charge in [0, 0.05) is 6.42 Å². The van der Waals surface area contributed by atoms with Crippen LogP contribution < -0.4 is 5.32 Å². The molecule has 3 heterocycles. The van der Waals surface area contributed by atoms with Gasteiger partial charge >= 0.3 is 0 Å². The molecule has 3 saturated heterocycles. The monoisotopic (exact) mass is 1190 g/mol. The number of aliphatic hydroxyl groups is 11. The van der Waals surface area contributed by atoms with Crippen LogP contribution in [0.25, 0.3) is 0 Å². The van der Waals surface area contributed by atoms with Crippen molar-refractivity contribution in [1.29, 1.82) is 0 Å². The van der Waals surface area contributed by atoms with E-state index in [2.05, 4.69) is 43.5 Å². The van der Waals surface area contributed by atoms with Crippen LogP contribution in [-0.2, 0) is 33.2 Å². The molecule has 83 heavy (non-hydrogen) atoms. The third kappa shape index (κ3) is 30.2. The van der Waals surface area contributed by atoms with Crippen LogP contribution in [0.15, 0.2) is 36.5 Å². The maximum atomic E-state index is 13.3. The van der Waals surface area contributed by atoms with Crippen LogP contribution in [0.1, 0.15) is 232 Å². The molecule has 3 aliphatic rings. The molecule has 0 radical (unpaired) electrons. The van der Waals surface area contributed by atoms with Gasteiger partial charge in [-0.25, -0.2) is 0 Å². The van der Waals surface area contributed by atoms with Crippen molar-refractivity contribution in [2.24, 2.45) is 0 Å². The molecule has 0 aliphatic carbocycles. The first kappa shape index (κ1) is 75.3. The molecule has 19 nitrogen and oxygen atoms in total. The summed E-state index contributed by atoms with van der Waals surface area (Å²) >= 11 is 0. The molecule has 0 spiro atoms. The van der Waals surface area contributed by atoms with Gasteiger partial charge < -0.3 is 89.9 Å². The Balaban J connectivity index is 1.47. The first-order chi connectivity index (χ1) is 40.3. The molecular formula is C64H117NO18. The molecule has 17 atom stereocenters. The normalized spacial score (nSPS) is 29.6. The van der Waals surface area contributed by atoms with E-state index in [9.17, 15) is 61.0 Å². The maximum Gasteiger partial charge on any atom is 0.220 e. The highest BCUT2D eigenvalue weighted by Gasteiger charge is 2.53. The Hall–Kier alpha value is -1.99. The summed E-state index contributed by atoms with van der Waals surface area (Å²) < 4.78 is 34.3. The van der Waals surface area contributed by atoms with Crippen LogP contribution in [0, 0.1) is 0 Å². The quantitative estimate of drug-likeness (QED) is 0.0211. The van der Waals surface area contributed by atoms with Crippen molar-refractivity contribution in [3.8, 4) is 0 Å². The van der Waals surface area contributed by atoms with Gasteiger partial charge in [-0.05, 0) is 51.4 Å². The lowest BCUT2D eigenvalue weighted by molar-refractivity contribution is -0.379. The second kappa shape index (κ2) is 47.1. The van der Waals surface area contributed by atoms with Crippen molar-refractivity contribution in [1.82, 2.24) is 5.32 Å². The predicted octanol–water partition coefficient (Wildman–Crippen LogP) is 7.27. The van der Waals surface area contributed by atoms with Gasteiger partial charge in [-0.15, -0.1) is 0 Å². The van der Waals surface area contributed by atoms with E-state index < -0.39 is 124 Å². The summed E-state index contributed by atoms with van der Waals surface area (Å²) in [7, 11) is 0. The van der Waals surface area contributed by atoms with Crippen molar-refractivity contribution in [3.05, 3.63) is 36.5 Å². The van der Waals surface area contributed by atoms with E-state index in [0.717, 1.165) is 70.6 Å². The number of amides is 1. The Labute approximate surface area is 498 Å². The van der Waals surface area contributed by atoms with Crippen molar-refractivity contribution in [2.45, 2.75) is 336 Å². The van der Waals surface area contributed by atoms with Crippen LogP contribution >= 0.6 is 0 Å². The Kier molecular flexibility index (Phi) is 42.7. The largest absolute Gasteiger partial charge is 0.394 e. The van der Waals surface area contributed by atoms with Gasteiger partial charge in [-0.2, -0.15) is 0 Å². The first-order valence-electron chi connectivity index (χ1n) is 32.7. The average Bonchev–Trinajstić information content (AvgIpc) is 3.15. The molecule has 3 fully saturated rings. The molecule has 0 aromatic carbocycles. The zero-order valence-corrected chi connectivity index (χ0v) is 50.9. The van der Waals surface area contributed by atoms with E-state index >= 15 is 0 Å². The average molecular weight is 1190 g/mol. The number of rotatable bonds is 49. The molecule has 486 valence electrons. The Morgan fingerprint density at radius 3 is 1.25 bits per heavy atom. The van der Waals surface area contributed by atoms with Gasteiger partial charge in [0.2, 0.25) is 5.91 Å². The molecule has 17 unspecified atom stereocenters. The molecule has 0 aromatic heterocycles. The number of hydrogen-bond acceptors (Lipinski definition) is 18. The van der Waals surface area contributed by atoms with Gasteiger partial charge in [0.25, 0.3) is 0 Å². The minimum absolute atomic E-state index is 0.227. The second-order valence-corrected chi connectivity index (χ2v) is 23.6. The topological polar surface area (TPSA) is 307 Å². The number of unbranched alkanes of at least 4 members (excludes halogenated alkanes) is 29. The fraction of sp³-hybridized carbons (Fsp3) is 0.891. The number of nitrogens with one attached hydrogen (secondary N) is 1. The van der Waals surface area contributed by atoms with E-state index in [-0.39, 0.29) is 18.9 Å². The molecule has 3 aliphatic heterocycles. The smallest absolute Gasteiger partial charge is 0.220 e. The van der Waals surface area contributed by atoms with Crippen molar-refractivity contribution >= 4 is 5.91 Å². The van der Waals surface area contributed by atoms with Gasteiger partial charge in [0.15, 0.2) is 18.9 Å². The Morgan fingerprint density at radius 2 is 0.795 bits per heavy atom. The fourth-order valence-corrected chi connectivity index (χ4v) is 11.0. The Bertz CT molecular complexity index is 1660. The number of carbonyl (C=O) groups is 1. The summed E-state index contributed by atoms with van der Waals surface area (Å²) in [4.78, 5) is 13.3. The second-order valence-electron chi connectivity index (χ2n) is 23.6. The highest BCUT2D eigenvalue weighted by molar-refractivity contribution is 5.76. The van der Waals surface area contributed by atoms with Gasteiger partial charge in [-0.1, -0.05) is 211 Å². The molecule has 3 rings (SSSR count). The molecule has 0 aromatic rings. The molecule has 0 saturated carbocycles. The van der Waals surface area contributed by atoms with Crippen molar-refractivity contribution < 1.29 is 89.4 Å². The van der Waals surface area contributed by atoms with E-state index in [1.54, 1.807) is 6.08 Å². The standard InChI is InChI=1S/C64H117NO18/c1-3-5-7-9-11-13-15-17-19-20-21-22-23-24-25-26-28-29-31-33-35-37-39-41-48(69)47(65-52(70)42-40-38-36-34-32-30-27-18-16-14-12-10-8-6-4-2)46-78-62-58(76)55(73)60(50(44-67)80-62)83-64-59(77)56(74)61(51(45-68)81-64)82-63-57(75)54(72)53(71)49(43-66)79-63/h12,14,18,27,39,41,47-51,53-64,66-69,71-77H,3-11,13,15-17,19-26,28-38,40,42-46H2,1-2H3,(H,65,70)/b14-12-,27-18-,41-39+. The summed E-state index contributed by atoms with van der Waals surface area (Å²) in [6.45, 7) is 1.70. The summed E-state index contributed by atoms with van der Waals surface area (Å²) in [5.74, 6) is -0.289. The first-order valence-corrected chi connectivity index (χ1v) is 32.7. The lowest BCUT2D eigenvalue weighted by atomic mass is 9.96. The molecular weight excluding hydrogens is 1070 g/mol. The van der Waals surface area contributed by atoms with Crippen LogP contribution in [0.3, 0.4) is 0 Å². The summed E-state index contributed by atoms with van der Waals surface area (Å²) in [6, 6.07) is -0.980. The Morgan fingerprint density at radius 1 is 0.434 bits per heavy atom. The van der Waals surface area contributed by atoms with Crippen LogP contribution in [0.5, 0.6) is 0 Å². The van der Waals surface area contributed by atoms with E-state index in [4.69, 9.17) is 28.4 Å². The number of ether oxygens (including phenoxy) is 6. The summed E-state index contributed by atoms with van der Waals surface area (Å²) in [6.07, 6.45) is 25.5. The van der Waals surface area contributed by atoms with Crippen LogP contribution in [0.2, 0.25) is 0 Å².